The zero-order valence-corrected chi connectivity index (χ0v) is 20.5. The number of rotatable bonds is 10. The summed E-state index contributed by atoms with van der Waals surface area (Å²) in [5.74, 6) is 0.455. The number of hydrazine groups is 1. The van der Waals surface area contributed by atoms with Gasteiger partial charge in [0.1, 0.15) is 0 Å². The van der Waals surface area contributed by atoms with Crippen LogP contribution in [0.25, 0.3) is 0 Å². The Bertz CT molecular complexity index is 912. The van der Waals surface area contributed by atoms with Crippen LogP contribution < -0.4 is 10.4 Å². The summed E-state index contributed by atoms with van der Waals surface area (Å²) in [5.41, 5.74) is 5.87. The fourth-order valence-corrected chi connectivity index (χ4v) is 4.98. The Hall–Kier alpha value is -1.80. The first-order valence-electron chi connectivity index (χ1n) is 11.7. The highest BCUT2D eigenvalue weighted by molar-refractivity contribution is 7.11. The van der Waals surface area contributed by atoms with Gasteiger partial charge in [0.15, 0.2) is 0 Å². The number of carbonyl (C=O) groups is 1. The molecule has 2 unspecified atom stereocenters. The average Bonchev–Trinajstić information content (AvgIpc) is 3.27. The molecular formula is C25H37N3O3S. The first kappa shape index (κ1) is 24.8. The van der Waals surface area contributed by atoms with E-state index in [4.69, 9.17) is 0 Å². The van der Waals surface area contributed by atoms with Gasteiger partial charge in [0, 0.05) is 24.6 Å². The number of aliphatic hydroxyl groups excluding tert-OH is 2. The molecular weight excluding hydrogens is 422 g/mol. The van der Waals surface area contributed by atoms with Gasteiger partial charge >= 0.3 is 0 Å². The lowest BCUT2D eigenvalue weighted by atomic mass is 9.79. The van der Waals surface area contributed by atoms with Crippen molar-refractivity contribution >= 4 is 22.9 Å². The number of nitrogens with zero attached hydrogens (tertiary/aromatic N) is 2. The molecule has 0 radical (unpaired) electrons. The molecule has 6 nitrogen and oxygen atoms in total. The minimum Gasteiger partial charge on any atom is -0.391 e. The number of aryl methyl sites for hydroxylation is 1. The maximum atomic E-state index is 13.5. The number of hydrogen-bond acceptors (Lipinski definition) is 6. The third-order valence-electron chi connectivity index (χ3n) is 6.67. The van der Waals surface area contributed by atoms with Crippen LogP contribution in [0.15, 0.2) is 24.4 Å². The number of carbonyl (C=O) groups excluding carboxylic acids is 1. The number of benzene rings is 1. The summed E-state index contributed by atoms with van der Waals surface area (Å²) in [4.78, 5) is 18.7. The van der Waals surface area contributed by atoms with Crippen molar-refractivity contribution in [2.45, 2.75) is 84.8 Å². The number of aliphatic hydroxyl groups is 2. The van der Waals surface area contributed by atoms with Gasteiger partial charge in [-0.2, -0.15) is 0 Å². The van der Waals surface area contributed by atoms with E-state index in [1.165, 1.54) is 11.3 Å². The van der Waals surface area contributed by atoms with E-state index in [0.717, 1.165) is 65.2 Å². The molecule has 0 bridgehead atoms. The predicted octanol–water partition coefficient (Wildman–Crippen LogP) is 4.86. The van der Waals surface area contributed by atoms with E-state index < -0.39 is 11.5 Å². The van der Waals surface area contributed by atoms with Gasteiger partial charge in [-0.15, -0.1) is 11.3 Å². The quantitative estimate of drug-likeness (QED) is 0.349. The third-order valence-corrected chi connectivity index (χ3v) is 7.71. The summed E-state index contributed by atoms with van der Waals surface area (Å²) >= 11 is 1.53. The first-order valence-corrected chi connectivity index (χ1v) is 12.6. The number of hydrogen-bond donors (Lipinski definition) is 3. The highest BCUT2D eigenvalue weighted by atomic mass is 32.1. The smallest absolute Gasteiger partial charge is 0.246 e. The molecule has 1 aromatic heterocycles. The molecule has 0 aliphatic heterocycles. The van der Waals surface area contributed by atoms with Gasteiger partial charge in [0.25, 0.3) is 0 Å². The summed E-state index contributed by atoms with van der Waals surface area (Å²) in [6.45, 7) is 8.83. The number of anilines is 1. The highest BCUT2D eigenvalue weighted by Crippen LogP contribution is 2.41. The second-order valence-electron chi connectivity index (χ2n) is 9.28. The van der Waals surface area contributed by atoms with E-state index in [9.17, 15) is 15.0 Å². The van der Waals surface area contributed by atoms with Crippen molar-refractivity contribution in [1.82, 2.24) is 10.4 Å². The summed E-state index contributed by atoms with van der Waals surface area (Å²) in [6, 6.07) is 6.03. The Labute approximate surface area is 195 Å². The Kier molecular flexibility index (Phi) is 8.44. The normalized spacial score (nSPS) is 18.4. The predicted molar refractivity (Wildman–Crippen MR) is 130 cm³/mol. The molecule has 7 heteroatoms. The van der Waals surface area contributed by atoms with Gasteiger partial charge in [0.05, 0.1) is 28.3 Å². The van der Waals surface area contributed by atoms with E-state index in [2.05, 4.69) is 23.4 Å². The Morgan fingerprint density at radius 3 is 2.72 bits per heavy atom. The maximum absolute atomic E-state index is 13.5. The second-order valence-corrected chi connectivity index (χ2v) is 10.5. The van der Waals surface area contributed by atoms with Gasteiger partial charge in [-0.05, 0) is 61.3 Å². The number of nitrogens with one attached hydrogen (secondary N) is 1. The lowest BCUT2D eigenvalue weighted by Crippen LogP contribution is -2.49. The minimum absolute atomic E-state index is 0.0239. The van der Waals surface area contributed by atoms with Crippen molar-refractivity contribution in [2.24, 2.45) is 5.41 Å². The molecule has 0 saturated heterocycles. The summed E-state index contributed by atoms with van der Waals surface area (Å²) in [5, 5.41) is 22.4. The van der Waals surface area contributed by atoms with E-state index in [1.807, 2.05) is 32.9 Å². The van der Waals surface area contributed by atoms with Crippen LogP contribution in [0.2, 0.25) is 0 Å². The number of amides is 1. The number of thiazole rings is 1. The minimum atomic E-state index is -0.488. The molecule has 1 amide bonds. The van der Waals surface area contributed by atoms with Gasteiger partial charge in [-0.25, -0.2) is 15.4 Å². The Morgan fingerprint density at radius 1 is 1.28 bits per heavy atom. The molecule has 2 atom stereocenters. The molecule has 0 saturated carbocycles. The fourth-order valence-electron chi connectivity index (χ4n) is 4.15. The van der Waals surface area contributed by atoms with Gasteiger partial charge < -0.3 is 10.2 Å². The molecule has 1 aliphatic carbocycles. The van der Waals surface area contributed by atoms with Crippen LogP contribution in [-0.4, -0.2) is 27.6 Å². The van der Waals surface area contributed by atoms with Crippen LogP contribution in [0.4, 0.5) is 5.69 Å². The van der Waals surface area contributed by atoms with Gasteiger partial charge in [0.2, 0.25) is 5.91 Å². The SMILES string of the molecule is CCC1CCC(O)c2ccc(N(NCCCc3ncc(CO)s3)C(=O)C(C)(C)CC)cc21. The molecule has 1 aliphatic rings. The lowest BCUT2D eigenvalue weighted by molar-refractivity contribution is -0.127. The molecule has 1 heterocycles. The van der Waals surface area contributed by atoms with Crippen molar-refractivity contribution in [3.8, 4) is 0 Å². The monoisotopic (exact) mass is 459 g/mol. The molecule has 2 aromatic rings. The van der Waals surface area contributed by atoms with E-state index in [1.54, 1.807) is 11.2 Å². The van der Waals surface area contributed by atoms with Crippen molar-refractivity contribution in [2.75, 3.05) is 11.6 Å². The second kappa shape index (κ2) is 10.9. The summed E-state index contributed by atoms with van der Waals surface area (Å²) in [7, 11) is 0. The van der Waals surface area contributed by atoms with Gasteiger partial charge in [-0.1, -0.05) is 33.8 Å². The van der Waals surface area contributed by atoms with Crippen LogP contribution in [0.5, 0.6) is 0 Å². The molecule has 0 fully saturated rings. The summed E-state index contributed by atoms with van der Waals surface area (Å²) < 4.78 is 0. The average molecular weight is 460 g/mol. The van der Waals surface area contributed by atoms with Crippen LogP contribution in [0.3, 0.4) is 0 Å². The first-order chi connectivity index (χ1) is 15.3. The molecule has 0 spiro atoms. The zero-order valence-electron chi connectivity index (χ0n) is 19.7. The lowest BCUT2D eigenvalue weighted by Gasteiger charge is -2.34. The summed E-state index contributed by atoms with van der Waals surface area (Å²) in [6.07, 6.45) is 6.46. The molecule has 176 valence electrons. The highest BCUT2D eigenvalue weighted by Gasteiger charge is 2.33. The molecule has 3 rings (SSSR count). The van der Waals surface area contributed by atoms with E-state index >= 15 is 0 Å². The van der Waals surface area contributed by atoms with Crippen molar-refractivity contribution < 1.29 is 15.0 Å². The maximum Gasteiger partial charge on any atom is 0.246 e. The van der Waals surface area contributed by atoms with Crippen LogP contribution >= 0.6 is 11.3 Å². The molecule has 1 aromatic carbocycles. The molecule has 32 heavy (non-hydrogen) atoms. The molecule has 3 N–H and O–H groups in total. The van der Waals surface area contributed by atoms with Crippen LogP contribution in [0, 0.1) is 5.41 Å². The Balaban J connectivity index is 1.79. The zero-order chi connectivity index (χ0) is 23.3. The fraction of sp³-hybridized carbons (Fsp3) is 0.600. The third kappa shape index (κ3) is 5.57. The largest absolute Gasteiger partial charge is 0.391 e. The van der Waals surface area contributed by atoms with Gasteiger partial charge in [-0.3, -0.25) is 4.79 Å². The Morgan fingerprint density at radius 2 is 2.06 bits per heavy atom. The topological polar surface area (TPSA) is 85.7 Å². The van der Waals surface area contributed by atoms with Crippen molar-refractivity contribution in [1.29, 1.82) is 0 Å². The number of fused-ring (bicyclic) bond motifs is 1. The standard InChI is InChI=1S/C25H37N3O3S/c1-5-17-9-12-22(30)20-11-10-18(14-21(17)20)28(24(31)25(3,4)6-2)27-13-7-8-23-26-15-19(16-29)32-23/h10-11,14-15,17,22,27,29-30H,5-9,12-13,16H2,1-4H3. The van der Waals surface area contributed by atoms with Crippen LogP contribution in [-0.2, 0) is 17.8 Å². The van der Waals surface area contributed by atoms with E-state index in [0.29, 0.717) is 12.5 Å². The van der Waals surface area contributed by atoms with Crippen molar-refractivity contribution in [3.63, 3.8) is 0 Å². The van der Waals surface area contributed by atoms with E-state index in [-0.39, 0.29) is 12.5 Å². The number of aromatic nitrogens is 1. The van der Waals surface area contributed by atoms with Crippen molar-refractivity contribution in [3.05, 3.63) is 45.4 Å². The van der Waals surface area contributed by atoms with Crippen LogP contribution in [0.1, 0.15) is 92.8 Å².